The largest absolute Gasteiger partial charge is 0.710 e. The van der Waals surface area contributed by atoms with Gasteiger partial charge in [0.2, 0.25) is 0 Å². The molecule has 0 aromatic rings. The summed E-state index contributed by atoms with van der Waals surface area (Å²) in [6.45, 7) is 4.49. The van der Waals surface area contributed by atoms with E-state index in [9.17, 15) is 0 Å². The third-order valence-corrected chi connectivity index (χ3v) is 0.0667. The fourth-order valence-corrected chi connectivity index (χ4v) is 0. The number of rotatable bonds is 1. The average molecular weight is 143 g/mol. The van der Waals surface area contributed by atoms with Gasteiger partial charge in [-0.25, -0.2) is 0 Å². The van der Waals surface area contributed by atoms with Crippen LogP contribution in [0.3, 0.4) is 0 Å². The summed E-state index contributed by atoms with van der Waals surface area (Å²) in [7, 11) is 0. The van der Waals surface area contributed by atoms with E-state index in [2.05, 4.69) is 11.7 Å². The summed E-state index contributed by atoms with van der Waals surface area (Å²) < 4.78 is 0. The van der Waals surface area contributed by atoms with E-state index >= 15 is 0 Å². The van der Waals surface area contributed by atoms with E-state index < -0.39 is 0 Å². The maximum Gasteiger partial charge on any atom is 0 e. The molecule has 5 heavy (non-hydrogen) atoms. The van der Waals surface area contributed by atoms with Gasteiger partial charge < -0.3 is 17.2 Å². The van der Waals surface area contributed by atoms with Gasteiger partial charge in [0.05, 0.1) is 0 Å². The quantitative estimate of drug-likeness (QED) is 0.387. The van der Waals surface area contributed by atoms with E-state index in [4.69, 9.17) is 5.53 Å². The van der Waals surface area contributed by atoms with E-state index in [1.54, 1.807) is 0 Å². The van der Waals surface area contributed by atoms with Gasteiger partial charge in [-0.1, -0.05) is 0 Å². The predicted octanol–water partition coefficient (Wildman–Crippen LogP) is 0.952. The minimum Gasteiger partial charge on any atom is -0.710 e. The molecule has 0 aliphatic heterocycles. The zero-order valence-corrected chi connectivity index (χ0v) is 5.46. The van der Waals surface area contributed by atoms with Gasteiger partial charge in [0.25, 0.3) is 0 Å². The first-order valence-electron chi connectivity index (χ1n) is 0.792. The van der Waals surface area contributed by atoms with E-state index in [1.165, 1.54) is 0 Å². The van der Waals surface area contributed by atoms with Crippen molar-refractivity contribution in [3.63, 3.8) is 0 Å². The molecule has 0 heterocycles. The zero-order valence-electron chi connectivity index (χ0n) is 2.63. The molecule has 0 saturated heterocycles. The Balaban J connectivity index is 0. The summed E-state index contributed by atoms with van der Waals surface area (Å²) in [6, 6.07) is 0. The third kappa shape index (κ3) is 12.7. The molecule has 0 atom stereocenters. The van der Waals surface area contributed by atoms with Crippen molar-refractivity contribution in [3.8, 4) is 0 Å². The van der Waals surface area contributed by atoms with Crippen molar-refractivity contribution in [2.24, 2.45) is 5.11 Å². The second kappa shape index (κ2) is 8.82. The van der Waals surface area contributed by atoms with E-state index in [0.717, 1.165) is 6.20 Å². The Hall–Kier alpha value is 0.444. The standard InChI is InChI=1S/C2H2N2.Y/c1-2-4-3;/h1-2H;/q-2;. The van der Waals surface area contributed by atoms with E-state index in [-0.39, 0.29) is 32.7 Å². The fourth-order valence-electron chi connectivity index (χ4n) is 0. The summed E-state index contributed by atoms with van der Waals surface area (Å²) in [5, 5.41) is 2.39. The van der Waals surface area contributed by atoms with Crippen LogP contribution >= 0.6 is 0 Å². The van der Waals surface area contributed by atoms with Crippen LogP contribution in [0, 0.1) is 6.58 Å². The van der Waals surface area contributed by atoms with Crippen LogP contribution in [-0.2, 0) is 32.7 Å². The molecule has 1 radical (unpaired) electrons. The molecule has 0 aromatic carbocycles. The zero-order chi connectivity index (χ0) is 3.41. The maximum absolute atomic E-state index is 7.32. The van der Waals surface area contributed by atoms with Gasteiger partial charge in [0.15, 0.2) is 0 Å². The third-order valence-electron chi connectivity index (χ3n) is 0.0667. The molecule has 3 heteroatoms. The van der Waals surface area contributed by atoms with Gasteiger partial charge in [-0.3, -0.25) is 0 Å². The SMILES string of the molecule is [CH-]=CN=[N-].[Y]. The molecule has 0 amide bonds. The Morgan fingerprint density at radius 1 is 1.80 bits per heavy atom. The second-order valence-corrected chi connectivity index (χ2v) is 0.265. The van der Waals surface area contributed by atoms with Crippen LogP contribution in [0.1, 0.15) is 0 Å². The van der Waals surface area contributed by atoms with Crippen LogP contribution in [-0.4, -0.2) is 0 Å². The molecule has 0 spiro atoms. The predicted molar refractivity (Wildman–Crippen MR) is 14.7 cm³/mol. The van der Waals surface area contributed by atoms with Crippen molar-refractivity contribution < 1.29 is 32.7 Å². The maximum atomic E-state index is 7.32. The molecule has 2 nitrogen and oxygen atoms in total. The van der Waals surface area contributed by atoms with Gasteiger partial charge in [0.1, 0.15) is 0 Å². The van der Waals surface area contributed by atoms with Crippen LogP contribution in [0.4, 0.5) is 0 Å². The van der Waals surface area contributed by atoms with Crippen molar-refractivity contribution >= 4 is 0 Å². The number of hydrogen-bond acceptors (Lipinski definition) is 1. The smallest absolute Gasteiger partial charge is 0 e. The van der Waals surface area contributed by atoms with Crippen molar-refractivity contribution in [2.75, 3.05) is 0 Å². The van der Waals surface area contributed by atoms with Crippen LogP contribution in [0.15, 0.2) is 11.3 Å². The Bertz CT molecular complexity index is 28.6. The normalized spacial score (nSPS) is 4.00. The fraction of sp³-hybridized carbons (Fsp3) is 0. The van der Waals surface area contributed by atoms with Crippen LogP contribution in [0.25, 0.3) is 5.53 Å². The number of nitrogens with zero attached hydrogens (tertiary/aromatic N) is 2. The van der Waals surface area contributed by atoms with Gasteiger partial charge >= 0.3 is 0 Å². The summed E-state index contributed by atoms with van der Waals surface area (Å²) in [6.07, 6.45) is 0.806. The molecular weight excluding hydrogens is 141 g/mol. The summed E-state index contributed by atoms with van der Waals surface area (Å²) in [5.41, 5.74) is 7.32. The molecule has 0 unspecified atom stereocenters. The molecule has 0 saturated carbocycles. The van der Waals surface area contributed by atoms with Crippen molar-refractivity contribution in [1.82, 2.24) is 0 Å². The Morgan fingerprint density at radius 3 is 2.00 bits per heavy atom. The molecule has 0 fully saturated rings. The van der Waals surface area contributed by atoms with E-state index in [0.29, 0.717) is 0 Å². The molecule has 0 aliphatic rings. The van der Waals surface area contributed by atoms with Crippen molar-refractivity contribution in [2.45, 2.75) is 0 Å². The first-order valence-corrected chi connectivity index (χ1v) is 0.792. The van der Waals surface area contributed by atoms with E-state index in [1.807, 2.05) is 0 Å². The molecule has 0 N–H and O–H groups in total. The van der Waals surface area contributed by atoms with Crippen LogP contribution in [0.2, 0.25) is 0 Å². The van der Waals surface area contributed by atoms with Gasteiger partial charge in [0, 0.05) is 32.7 Å². The minimum absolute atomic E-state index is 0. The molecule has 0 aromatic heterocycles. The van der Waals surface area contributed by atoms with Gasteiger partial charge in [-0.2, -0.15) is 6.20 Å². The monoisotopic (exact) mass is 143 g/mol. The first-order chi connectivity index (χ1) is 1.91. The van der Waals surface area contributed by atoms with Crippen molar-refractivity contribution in [3.05, 3.63) is 18.3 Å². The summed E-state index contributed by atoms with van der Waals surface area (Å²) in [4.78, 5) is 0. The first kappa shape index (κ1) is 9.06. The topological polar surface area (TPSA) is 34.7 Å². The number of hydrogen-bond donors (Lipinski definition) is 0. The summed E-state index contributed by atoms with van der Waals surface area (Å²) >= 11 is 0. The Kier molecular flexibility index (Phi) is 16.0. The Labute approximate surface area is 56.0 Å². The van der Waals surface area contributed by atoms with Crippen LogP contribution in [0.5, 0.6) is 0 Å². The molecule has 0 aliphatic carbocycles. The Morgan fingerprint density at radius 2 is 2.00 bits per heavy atom. The average Bonchev–Trinajstić information content (AvgIpc) is 1.37. The molecule has 0 rings (SSSR count). The summed E-state index contributed by atoms with van der Waals surface area (Å²) in [5.74, 6) is 0. The van der Waals surface area contributed by atoms with Crippen LogP contribution < -0.4 is 0 Å². The van der Waals surface area contributed by atoms with Gasteiger partial charge in [-0.15, -0.1) is 0 Å². The van der Waals surface area contributed by atoms with Crippen molar-refractivity contribution in [1.29, 1.82) is 0 Å². The van der Waals surface area contributed by atoms with Gasteiger partial charge in [-0.05, 0) is 0 Å². The molecule has 25 valence electrons. The second-order valence-electron chi connectivity index (χ2n) is 0.265. The minimum atomic E-state index is 0. The molecular formula is C2H2N2Y-2. The molecule has 0 bridgehead atoms.